The predicted molar refractivity (Wildman–Crippen MR) is 81.8 cm³/mol. The van der Waals surface area contributed by atoms with E-state index in [4.69, 9.17) is 0 Å². The van der Waals surface area contributed by atoms with Crippen molar-refractivity contribution in [3.63, 3.8) is 0 Å². The average Bonchev–Trinajstić information content (AvgIpc) is 2.31. The second-order valence-electron chi connectivity index (χ2n) is 4.81. The highest BCUT2D eigenvalue weighted by atomic mass is 127. The molecule has 0 bridgehead atoms. The van der Waals surface area contributed by atoms with Crippen LogP contribution in [0, 0.1) is 9.49 Å². The topological polar surface area (TPSA) is 49.3 Å². The largest absolute Gasteiger partial charge is 0.507 e. The van der Waals surface area contributed by atoms with Gasteiger partial charge in [-0.25, -0.2) is 0 Å². The second kappa shape index (κ2) is 7.61. The van der Waals surface area contributed by atoms with Crippen molar-refractivity contribution in [1.82, 2.24) is 5.32 Å². The smallest absolute Gasteiger partial charge is 0.255 e. The number of hydrogen-bond acceptors (Lipinski definition) is 2. The van der Waals surface area contributed by atoms with Crippen molar-refractivity contribution in [2.75, 3.05) is 6.54 Å². The van der Waals surface area contributed by atoms with Crippen LogP contribution in [0.25, 0.3) is 0 Å². The average molecular weight is 361 g/mol. The second-order valence-corrected chi connectivity index (χ2v) is 6.05. The number of aromatic hydroxyl groups is 1. The highest BCUT2D eigenvalue weighted by molar-refractivity contribution is 14.1. The van der Waals surface area contributed by atoms with E-state index < -0.39 is 0 Å². The van der Waals surface area contributed by atoms with E-state index in [2.05, 4.69) is 41.8 Å². The summed E-state index contributed by atoms with van der Waals surface area (Å²) >= 11 is 2.12. The lowest BCUT2D eigenvalue weighted by atomic mass is 10.1. The summed E-state index contributed by atoms with van der Waals surface area (Å²) in [4.78, 5) is 11.8. The molecule has 0 aliphatic carbocycles. The van der Waals surface area contributed by atoms with Crippen LogP contribution in [0.1, 0.15) is 43.5 Å². The minimum Gasteiger partial charge on any atom is -0.507 e. The van der Waals surface area contributed by atoms with E-state index in [0.29, 0.717) is 18.0 Å². The van der Waals surface area contributed by atoms with E-state index in [1.807, 2.05) is 0 Å². The molecule has 0 aliphatic heterocycles. The van der Waals surface area contributed by atoms with E-state index >= 15 is 0 Å². The van der Waals surface area contributed by atoms with Crippen LogP contribution in [-0.2, 0) is 0 Å². The van der Waals surface area contributed by atoms with Crippen LogP contribution in [0.3, 0.4) is 0 Å². The number of hydrogen-bond donors (Lipinski definition) is 2. The SMILES string of the molecule is CC(C)CCCCNC(=O)c1cc(I)ccc1O. The van der Waals surface area contributed by atoms with Crippen LogP contribution in [0.4, 0.5) is 0 Å². The predicted octanol–water partition coefficient (Wildman–Crippen LogP) is 3.55. The standard InChI is InChI=1S/C14H20INO2/c1-10(2)5-3-4-8-16-14(18)12-9-11(15)6-7-13(12)17/h6-7,9-10,17H,3-5,8H2,1-2H3,(H,16,18). The molecule has 1 amide bonds. The van der Waals surface area contributed by atoms with Gasteiger partial charge < -0.3 is 10.4 Å². The lowest BCUT2D eigenvalue weighted by molar-refractivity contribution is 0.0950. The van der Waals surface area contributed by atoms with Crippen molar-refractivity contribution >= 4 is 28.5 Å². The van der Waals surface area contributed by atoms with E-state index in [9.17, 15) is 9.90 Å². The molecule has 0 aromatic heterocycles. The lowest BCUT2D eigenvalue weighted by Gasteiger charge is -2.08. The Bertz CT molecular complexity index is 405. The molecule has 0 unspecified atom stereocenters. The van der Waals surface area contributed by atoms with Gasteiger partial charge in [0.2, 0.25) is 0 Å². The van der Waals surface area contributed by atoms with Crippen LogP contribution in [0.5, 0.6) is 5.75 Å². The van der Waals surface area contributed by atoms with Gasteiger partial charge in [-0.3, -0.25) is 4.79 Å². The van der Waals surface area contributed by atoms with Crippen molar-refractivity contribution in [3.8, 4) is 5.75 Å². The number of carbonyl (C=O) groups is 1. The zero-order valence-corrected chi connectivity index (χ0v) is 13.0. The Labute approximate surface area is 122 Å². The number of unbranched alkanes of at least 4 members (excludes halogenated alkanes) is 1. The fourth-order valence-corrected chi connectivity index (χ4v) is 2.16. The summed E-state index contributed by atoms with van der Waals surface area (Å²) in [5.74, 6) is 0.547. The summed E-state index contributed by atoms with van der Waals surface area (Å²) in [6.07, 6.45) is 3.29. The fourth-order valence-electron chi connectivity index (χ4n) is 1.66. The third-order valence-electron chi connectivity index (χ3n) is 2.70. The Kier molecular flexibility index (Phi) is 6.46. The highest BCUT2D eigenvalue weighted by Gasteiger charge is 2.10. The molecule has 0 fully saturated rings. The molecule has 3 nitrogen and oxygen atoms in total. The molecule has 2 N–H and O–H groups in total. The van der Waals surface area contributed by atoms with Gasteiger partial charge in [0.1, 0.15) is 5.75 Å². The summed E-state index contributed by atoms with van der Waals surface area (Å²) < 4.78 is 0.940. The molecule has 4 heteroatoms. The molecule has 100 valence electrons. The third kappa shape index (κ3) is 5.25. The van der Waals surface area contributed by atoms with Gasteiger partial charge in [0.25, 0.3) is 5.91 Å². The van der Waals surface area contributed by atoms with Crippen LogP contribution in [0.2, 0.25) is 0 Å². The molecule has 0 saturated heterocycles. The maximum absolute atomic E-state index is 11.8. The maximum atomic E-state index is 11.8. The first kappa shape index (κ1) is 15.3. The van der Waals surface area contributed by atoms with E-state index in [1.165, 1.54) is 6.42 Å². The minimum absolute atomic E-state index is 0.0371. The zero-order valence-electron chi connectivity index (χ0n) is 10.9. The Morgan fingerprint density at radius 1 is 1.39 bits per heavy atom. The quantitative estimate of drug-likeness (QED) is 0.601. The molecule has 0 heterocycles. The first-order valence-corrected chi connectivity index (χ1v) is 7.35. The first-order valence-electron chi connectivity index (χ1n) is 6.27. The molecule has 1 aromatic rings. The number of benzene rings is 1. The molecular weight excluding hydrogens is 341 g/mol. The molecule has 18 heavy (non-hydrogen) atoms. The van der Waals surface area contributed by atoms with E-state index in [0.717, 1.165) is 16.4 Å². The lowest BCUT2D eigenvalue weighted by Crippen LogP contribution is -2.24. The van der Waals surface area contributed by atoms with Gasteiger partial charge in [0.15, 0.2) is 0 Å². The summed E-state index contributed by atoms with van der Waals surface area (Å²) in [6, 6.07) is 5.02. The molecule has 0 radical (unpaired) electrons. The number of rotatable bonds is 6. The van der Waals surface area contributed by atoms with Crippen molar-refractivity contribution in [1.29, 1.82) is 0 Å². The molecule has 0 spiro atoms. The normalized spacial score (nSPS) is 10.7. The van der Waals surface area contributed by atoms with Crippen LogP contribution < -0.4 is 5.32 Å². The third-order valence-corrected chi connectivity index (χ3v) is 3.37. The fraction of sp³-hybridized carbons (Fsp3) is 0.500. The van der Waals surface area contributed by atoms with Crippen molar-refractivity contribution < 1.29 is 9.90 Å². The molecule has 0 aliphatic rings. The first-order chi connectivity index (χ1) is 8.50. The van der Waals surface area contributed by atoms with Gasteiger partial charge >= 0.3 is 0 Å². The molecule has 0 saturated carbocycles. The molecule has 1 aromatic carbocycles. The van der Waals surface area contributed by atoms with Gasteiger partial charge in [-0.1, -0.05) is 26.7 Å². The molecule has 1 rings (SSSR count). The summed E-state index contributed by atoms with van der Waals surface area (Å²) in [5, 5.41) is 12.5. The van der Waals surface area contributed by atoms with Crippen LogP contribution in [-0.4, -0.2) is 17.6 Å². The van der Waals surface area contributed by atoms with Gasteiger partial charge in [0, 0.05) is 10.1 Å². The van der Waals surface area contributed by atoms with Crippen LogP contribution >= 0.6 is 22.6 Å². The van der Waals surface area contributed by atoms with Gasteiger partial charge in [-0.05, 0) is 53.1 Å². The summed E-state index contributed by atoms with van der Waals surface area (Å²) in [7, 11) is 0. The zero-order chi connectivity index (χ0) is 13.5. The van der Waals surface area contributed by atoms with Gasteiger partial charge in [-0.15, -0.1) is 0 Å². The van der Waals surface area contributed by atoms with Gasteiger partial charge in [-0.2, -0.15) is 0 Å². The van der Waals surface area contributed by atoms with Crippen molar-refractivity contribution in [3.05, 3.63) is 27.3 Å². The maximum Gasteiger partial charge on any atom is 0.255 e. The number of phenolic OH excluding ortho intramolecular Hbond substituents is 1. The Morgan fingerprint density at radius 2 is 2.11 bits per heavy atom. The van der Waals surface area contributed by atoms with Gasteiger partial charge in [0.05, 0.1) is 5.56 Å². The number of amides is 1. The highest BCUT2D eigenvalue weighted by Crippen LogP contribution is 2.19. The Balaban J connectivity index is 2.39. The van der Waals surface area contributed by atoms with Crippen molar-refractivity contribution in [2.24, 2.45) is 5.92 Å². The van der Waals surface area contributed by atoms with Crippen molar-refractivity contribution in [2.45, 2.75) is 33.1 Å². The Morgan fingerprint density at radius 3 is 2.78 bits per heavy atom. The monoisotopic (exact) mass is 361 g/mol. The molecular formula is C14H20INO2. The Hall–Kier alpha value is -0.780. The summed E-state index contributed by atoms with van der Waals surface area (Å²) in [5.41, 5.74) is 0.353. The van der Waals surface area contributed by atoms with E-state index in [1.54, 1.807) is 18.2 Å². The van der Waals surface area contributed by atoms with Crippen LogP contribution in [0.15, 0.2) is 18.2 Å². The minimum atomic E-state index is -0.199. The van der Waals surface area contributed by atoms with E-state index in [-0.39, 0.29) is 11.7 Å². The molecule has 0 atom stereocenters. The summed E-state index contributed by atoms with van der Waals surface area (Å²) in [6.45, 7) is 5.06. The number of halogens is 1. The number of nitrogens with one attached hydrogen (secondary N) is 1. The number of phenols is 1. The number of carbonyl (C=O) groups excluding carboxylic acids is 1.